The molecule has 0 saturated carbocycles. The molecule has 1 unspecified atom stereocenters. The molecule has 0 aliphatic rings. The Hall–Kier alpha value is -1.68. The van der Waals surface area contributed by atoms with E-state index in [-0.39, 0.29) is 11.9 Å². The third-order valence-corrected chi connectivity index (χ3v) is 3.01. The van der Waals surface area contributed by atoms with Crippen molar-refractivity contribution in [1.82, 2.24) is 9.78 Å². The summed E-state index contributed by atoms with van der Waals surface area (Å²) in [7, 11) is 0. The van der Waals surface area contributed by atoms with Gasteiger partial charge in [-0.2, -0.15) is 5.10 Å². The van der Waals surface area contributed by atoms with Crippen molar-refractivity contribution in [2.24, 2.45) is 5.73 Å². The second kappa shape index (κ2) is 5.31. The Balaban J connectivity index is 2.15. The van der Waals surface area contributed by atoms with Gasteiger partial charge < -0.3 is 5.73 Å². The summed E-state index contributed by atoms with van der Waals surface area (Å²) in [6.07, 6.45) is 0.709. The molecule has 0 bridgehead atoms. The lowest BCUT2D eigenvalue weighted by molar-refractivity contribution is 0.585. The van der Waals surface area contributed by atoms with Gasteiger partial charge in [-0.1, -0.05) is 12.1 Å². The van der Waals surface area contributed by atoms with Crippen molar-refractivity contribution in [3.05, 3.63) is 53.1 Å². The molecule has 96 valence electrons. The molecule has 1 aromatic carbocycles. The quantitative estimate of drug-likeness (QED) is 0.902. The molecule has 0 radical (unpaired) electrons. The second-order valence-electron chi connectivity index (χ2n) is 4.45. The number of aryl methyl sites for hydroxylation is 2. The summed E-state index contributed by atoms with van der Waals surface area (Å²) >= 11 is 0. The maximum absolute atomic E-state index is 12.8. The maximum Gasteiger partial charge on any atom is 0.123 e. The third kappa shape index (κ3) is 2.76. The summed E-state index contributed by atoms with van der Waals surface area (Å²) < 4.78 is 14.8. The van der Waals surface area contributed by atoms with E-state index >= 15 is 0 Å². The standard InChI is InChI=1S/C14H18FN3/c1-3-18-13(8-10(2)17-18)9-14(16)11-4-6-12(15)7-5-11/h4-8,14H,3,9,16H2,1-2H3. The smallest absolute Gasteiger partial charge is 0.123 e. The molecule has 3 nitrogen and oxygen atoms in total. The highest BCUT2D eigenvalue weighted by Gasteiger charge is 2.11. The number of nitrogens with zero attached hydrogens (tertiary/aromatic N) is 2. The Morgan fingerprint density at radius 1 is 1.33 bits per heavy atom. The summed E-state index contributed by atoms with van der Waals surface area (Å²) in [5.74, 6) is -0.236. The molecule has 1 aromatic heterocycles. The zero-order chi connectivity index (χ0) is 13.1. The number of halogens is 1. The van der Waals surface area contributed by atoms with Gasteiger partial charge in [-0.25, -0.2) is 4.39 Å². The van der Waals surface area contributed by atoms with E-state index in [2.05, 4.69) is 12.0 Å². The van der Waals surface area contributed by atoms with Gasteiger partial charge in [-0.05, 0) is 37.6 Å². The van der Waals surface area contributed by atoms with E-state index in [1.54, 1.807) is 12.1 Å². The molecule has 18 heavy (non-hydrogen) atoms. The topological polar surface area (TPSA) is 43.8 Å². The van der Waals surface area contributed by atoms with Gasteiger partial charge in [-0.15, -0.1) is 0 Å². The van der Waals surface area contributed by atoms with Crippen LogP contribution in [0.4, 0.5) is 4.39 Å². The number of hydrogen-bond donors (Lipinski definition) is 1. The lowest BCUT2D eigenvalue weighted by Crippen LogP contribution is -2.16. The molecule has 0 saturated heterocycles. The van der Waals surface area contributed by atoms with E-state index in [0.717, 1.165) is 23.5 Å². The molecule has 4 heteroatoms. The van der Waals surface area contributed by atoms with Crippen LogP contribution in [0.25, 0.3) is 0 Å². The number of benzene rings is 1. The molecule has 2 N–H and O–H groups in total. The Bertz CT molecular complexity index is 516. The van der Waals surface area contributed by atoms with Crippen LogP contribution in [0.2, 0.25) is 0 Å². The first-order valence-electron chi connectivity index (χ1n) is 6.14. The van der Waals surface area contributed by atoms with E-state index in [4.69, 9.17) is 5.73 Å². The minimum Gasteiger partial charge on any atom is -0.324 e. The molecule has 0 aliphatic carbocycles. The molecule has 2 rings (SSSR count). The highest BCUT2D eigenvalue weighted by atomic mass is 19.1. The van der Waals surface area contributed by atoms with E-state index < -0.39 is 0 Å². The minimum absolute atomic E-state index is 0.132. The fraction of sp³-hybridized carbons (Fsp3) is 0.357. The normalized spacial score (nSPS) is 12.7. The first-order chi connectivity index (χ1) is 8.60. The number of rotatable bonds is 4. The van der Waals surface area contributed by atoms with Crippen molar-refractivity contribution in [2.45, 2.75) is 32.9 Å². The lowest BCUT2D eigenvalue weighted by Gasteiger charge is -2.12. The van der Waals surface area contributed by atoms with Crippen molar-refractivity contribution >= 4 is 0 Å². The van der Waals surface area contributed by atoms with Gasteiger partial charge in [0.25, 0.3) is 0 Å². The Morgan fingerprint density at radius 2 is 2.00 bits per heavy atom. The summed E-state index contributed by atoms with van der Waals surface area (Å²) in [6.45, 7) is 4.86. The summed E-state index contributed by atoms with van der Waals surface area (Å²) in [5, 5.41) is 4.39. The molecule has 0 spiro atoms. The third-order valence-electron chi connectivity index (χ3n) is 3.01. The first kappa shape index (κ1) is 12.8. The SMILES string of the molecule is CCn1nc(C)cc1CC(N)c1ccc(F)cc1. The van der Waals surface area contributed by atoms with Crippen LogP contribution in [0.3, 0.4) is 0 Å². The second-order valence-corrected chi connectivity index (χ2v) is 4.45. The van der Waals surface area contributed by atoms with Crippen LogP contribution in [0.5, 0.6) is 0 Å². The lowest BCUT2D eigenvalue weighted by atomic mass is 10.0. The van der Waals surface area contributed by atoms with Crippen LogP contribution in [-0.4, -0.2) is 9.78 Å². The number of hydrogen-bond acceptors (Lipinski definition) is 2. The molecule has 1 heterocycles. The van der Waals surface area contributed by atoms with Crippen LogP contribution < -0.4 is 5.73 Å². The van der Waals surface area contributed by atoms with Crippen LogP contribution in [0.1, 0.15) is 29.9 Å². The molecule has 1 atom stereocenters. The van der Waals surface area contributed by atoms with Gasteiger partial charge in [-0.3, -0.25) is 4.68 Å². The van der Waals surface area contributed by atoms with Crippen molar-refractivity contribution in [3.63, 3.8) is 0 Å². The predicted molar refractivity (Wildman–Crippen MR) is 69.7 cm³/mol. The van der Waals surface area contributed by atoms with E-state index in [9.17, 15) is 4.39 Å². The average molecular weight is 247 g/mol. The fourth-order valence-corrected chi connectivity index (χ4v) is 2.09. The van der Waals surface area contributed by atoms with Gasteiger partial charge in [0, 0.05) is 24.7 Å². The highest BCUT2D eigenvalue weighted by molar-refractivity contribution is 5.22. The number of aromatic nitrogens is 2. The minimum atomic E-state index is -0.236. The molecule has 0 amide bonds. The summed E-state index contributed by atoms with van der Waals surface area (Å²) in [4.78, 5) is 0. The molecular formula is C14H18FN3. The van der Waals surface area contributed by atoms with Gasteiger partial charge in [0.2, 0.25) is 0 Å². The first-order valence-corrected chi connectivity index (χ1v) is 6.14. The summed E-state index contributed by atoms with van der Waals surface area (Å²) in [5.41, 5.74) is 9.20. The molecule has 2 aromatic rings. The Kier molecular flexibility index (Phi) is 3.77. The van der Waals surface area contributed by atoms with Crippen LogP contribution >= 0.6 is 0 Å². The van der Waals surface area contributed by atoms with Crippen LogP contribution in [-0.2, 0) is 13.0 Å². The zero-order valence-electron chi connectivity index (χ0n) is 10.7. The fourth-order valence-electron chi connectivity index (χ4n) is 2.09. The number of nitrogens with two attached hydrogens (primary N) is 1. The molecular weight excluding hydrogens is 229 g/mol. The van der Waals surface area contributed by atoms with Gasteiger partial charge in [0.05, 0.1) is 5.69 Å². The van der Waals surface area contributed by atoms with Crippen molar-refractivity contribution in [3.8, 4) is 0 Å². The molecule has 0 aliphatic heterocycles. The van der Waals surface area contributed by atoms with Gasteiger partial charge in [0.1, 0.15) is 5.82 Å². The molecule has 0 fully saturated rings. The predicted octanol–water partition coefficient (Wildman–Crippen LogP) is 2.59. The average Bonchev–Trinajstić information content (AvgIpc) is 2.70. The van der Waals surface area contributed by atoms with Crippen molar-refractivity contribution < 1.29 is 4.39 Å². The van der Waals surface area contributed by atoms with Crippen molar-refractivity contribution in [2.75, 3.05) is 0 Å². The summed E-state index contributed by atoms with van der Waals surface area (Å²) in [6, 6.07) is 8.27. The Morgan fingerprint density at radius 3 is 2.61 bits per heavy atom. The largest absolute Gasteiger partial charge is 0.324 e. The van der Waals surface area contributed by atoms with Gasteiger partial charge in [0.15, 0.2) is 0 Å². The van der Waals surface area contributed by atoms with Crippen LogP contribution in [0, 0.1) is 12.7 Å². The van der Waals surface area contributed by atoms with Crippen LogP contribution in [0.15, 0.2) is 30.3 Å². The van der Waals surface area contributed by atoms with E-state index in [1.807, 2.05) is 17.7 Å². The monoisotopic (exact) mass is 247 g/mol. The van der Waals surface area contributed by atoms with E-state index in [0.29, 0.717) is 6.42 Å². The maximum atomic E-state index is 12.8. The Labute approximate surface area is 106 Å². The zero-order valence-corrected chi connectivity index (χ0v) is 10.7. The van der Waals surface area contributed by atoms with E-state index in [1.165, 1.54) is 12.1 Å². The van der Waals surface area contributed by atoms with Gasteiger partial charge >= 0.3 is 0 Å². The highest BCUT2D eigenvalue weighted by Crippen LogP contribution is 2.17. The van der Waals surface area contributed by atoms with Crippen molar-refractivity contribution in [1.29, 1.82) is 0 Å².